The molecule has 1 rings (SSSR count). The van der Waals surface area contributed by atoms with Crippen molar-refractivity contribution in [3.8, 4) is 0 Å². The van der Waals surface area contributed by atoms with Gasteiger partial charge in [-0.1, -0.05) is 0 Å². The van der Waals surface area contributed by atoms with Crippen molar-refractivity contribution in [1.29, 1.82) is 0 Å². The summed E-state index contributed by atoms with van der Waals surface area (Å²) in [7, 11) is 0. The molecular formula is C7H3FeLiO3. The Balaban J connectivity index is -0.0000000187. The van der Waals surface area contributed by atoms with Crippen LogP contribution in [0.15, 0.2) is 18.2 Å². The van der Waals surface area contributed by atoms with Crippen LogP contribution in [-0.2, 0) is 31.0 Å². The van der Waals surface area contributed by atoms with Gasteiger partial charge in [-0.05, 0) is 0 Å². The SMILES string of the molecule is [C-]#[O+].[C-]#[O+].[C-]#[O+].[C-]1=CC=C1.[Fe].[Li+]. The molecule has 0 saturated heterocycles. The van der Waals surface area contributed by atoms with Gasteiger partial charge in [-0.25, -0.2) is 0 Å². The predicted molar refractivity (Wildman–Crippen MR) is 28.7 cm³/mol. The fourth-order valence-corrected chi connectivity index (χ4v) is 0.0962. The molecule has 0 bridgehead atoms. The molecule has 0 N–H and O–H groups in total. The molecule has 5 heteroatoms. The van der Waals surface area contributed by atoms with Crippen LogP contribution in [0.3, 0.4) is 0 Å². The van der Waals surface area contributed by atoms with Crippen molar-refractivity contribution in [2.75, 3.05) is 0 Å². The molecule has 0 spiro atoms. The van der Waals surface area contributed by atoms with Crippen LogP contribution in [-0.4, -0.2) is 0 Å². The summed E-state index contributed by atoms with van der Waals surface area (Å²) in [6.07, 6.45) is 8.50. The Morgan fingerprint density at radius 1 is 0.917 bits per heavy atom. The summed E-state index contributed by atoms with van der Waals surface area (Å²) in [4.78, 5) is 0. The van der Waals surface area contributed by atoms with Crippen molar-refractivity contribution in [2.24, 2.45) is 0 Å². The van der Waals surface area contributed by atoms with E-state index in [0.717, 1.165) is 0 Å². The van der Waals surface area contributed by atoms with Crippen LogP contribution >= 0.6 is 0 Å². The van der Waals surface area contributed by atoms with Crippen LogP contribution in [0.25, 0.3) is 0 Å². The Morgan fingerprint density at radius 3 is 1.00 bits per heavy atom. The molecule has 1 aliphatic rings. The van der Waals surface area contributed by atoms with E-state index in [0.29, 0.717) is 0 Å². The van der Waals surface area contributed by atoms with Crippen LogP contribution in [0.4, 0.5) is 0 Å². The summed E-state index contributed by atoms with van der Waals surface area (Å²) < 4.78 is 22.5. The molecule has 0 amide bonds. The Hall–Kier alpha value is -0.183. The molecule has 12 heavy (non-hydrogen) atoms. The van der Waals surface area contributed by atoms with Gasteiger partial charge in [0.1, 0.15) is 0 Å². The van der Waals surface area contributed by atoms with Crippen LogP contribution < -0.4 is 18.9 Å². The Morgan fingerprint density at radius 2 is 1.00 bits per heavy atom. The molecule has 58 valence electrons. The molecule has 0 atom stereocenters. The molecule has 0 heterocycles. The molecule has 0 unspecified atom stereocenters. The minimum Gasteiger partial charge on any atom is -0.184 e. The summed E-state index contributed by atoms with van der Waals surface area (Å²) >= 11 is 0. The average molecular weight is 198 g/mol. The summed E-state index contributed by atoms with van der Waals surface area (Å²) in [5.74, 6) is 0. The molecule has 0 saturated carbocycles. The van der Waals surface area contributed by atoms with Gasteiger partial charge in [-0.15, -0.1) is 0 Å². The monoisotopic (exact) mass is 198 g/mol. The second-order valence-electron chi connectivity index (χ2n) is 0.692. The van der Waals surface area contributed by atoms with Gasteiger partial charge >= 0.3 is 52.8 Å². The first kappa shape index (κ1) is 29.8. The summed E-state index contributed by atoms with van der Waals surface area (Å²) in [5.41, 5.74) is 0. The first-order valence-corrected chi connectivity index (χ1v) is 1.86. The van der Waals surface area contributed by atoms with E-state index in [2.05, 4.69) is 26.0 Å². The van der Waals surface area contributed by atoms with Crippen molar-refractivity contribution in [3.05, 3.63) is 44.3 Å². The second kappa shape index (κ2) is 71.6. The van der Waals surface area contributed by atoms with Crippen LogP contribution in [0.5, 0.6) is 0 Å². The van der Waals surface area contributed by atoms with Gasteiger partial charge in [-0.2, -0.15) is 24.3 Å². The van der Waals surface area contributed by atoms with E-state index in [4.69, 9.17) is 14.0 Å². The maximum Gasteiger partial charge on any atom is 1.00 e. The molecule has 0 radical (unpaired) electrons. The van der Waals surface area contributed by atoms with Crippen molar-refractivity contribution < 1.29 is 49.9 Å². The minimum atomic E-state index is 0. The fourth-order valence-electron chi connectivity index (χ4n) is 0.0962. The third-order valence-corrected chi connectivity index (χ3v) is 0.385. The fraction of sp³-hybridized carbons (Fsp3) is 0. The zero-order valence-electron chi connectivity index (χ0n) is 6.31. The maximum absolute atomic E-state index is 7.50. The average Bonchev–Trinajstić information content (AvgIpc) is 1.96. The number of allylic oxidation sites excluding steroid dienone is 4. The zero-order chi connectivity index (χ0) is 8.83. The van der Waals surface area contributed by atoms with E-state index < -0.39 is 0 Å². The van der Waals surface area contributed by atoms with Gasteiger partial charge in [0, 0.05) is 17.1 Å². The van der Waals surface area contributed by atoms with Gasteiger partial charge in [0.15, 0.2) is 0 Å². The number of hydrogen-bond acceptors (Lipinski definition) is 0. The largest absolute Gasteiger partial charge is 1.00 e. The van der Waals surface area contributed by atoms with E-state index in [1.54, 1.807) is 0 Å². The van der Waals surface area contributed by atoms with E-state index in [1.807, 2.05) is 18.2 Å². The minimum absolute atomic E-state index is 0. The quantitative estimate of drug-likeness (QED) is 0.241. The van der Waals surface area contributed by atoms with E-state index in [1.165, 1.54) is 0 Å². The standard InChI is InChI=1S/C4H3.3CO.Fe.Li/c1-2-4-3-1;3*1-2;;/h1-3H;;;;;/q-1;;;;;+1. The van der Waals surface area contributed by atoms with Crippen LogP contribution in [0, 0.1) is 26.0 Å². The van der Waals surface area contributed by atoms with Gasteiger partial charge in [0.05, 0.1) is 0 Å². The van der Waals surface area contributed by atoms with E-state index >= 15 is 0 Å². The topological polar surface area (TPSA) is 59.7 Å². The van der Waals surface area contributed by atoms with Crippen molar-refractivity contribution in [1.82, 2.24) is 0 Å². The van der Waals surface area contributed by atoms with Gasteiger partial charge < -0.3 is 0 Å². The zero-order valence-corrected chi connectivity index (χ0v) is 7.41. The predicted octanol–water partition coefficient (Wildman–Crippen LogP) is -2.20. The van der Waals surface area contributed by atoms with Gasteiger partial charge in [0.2, 0.25) is 0 Å². The van der Waals surface area contributed by atoms with Crippen LogP contribution in [0.2, 0.25) is 0 Å². The normalized spacial score (nSPS) is 5.83. The van der Waals surface area contributed by atoms with Gasteiger partial charge in [-0.3, -0.25) is 0 Å². The number of rotatable bonds is 0. The molecular weight excluding hydrogens is 195 g/mol. The number of hydrogen-bond donors (Lipinski definition) is 0. The summed E-state index contributed by atoms with van der Waals surface area (Å²) in [6.45, 7) is 13.5. The van der Waals surface area contributed by atoms with E-state index in [-0.39, 0.29) is 35.9 Å². The Bertz CT molecular complexity index is 126. The smallest absolute Gasteiger partial charge is 0.184 e. The first-order chi connectivity index (χ1) is 5.00. The molecule has 0 aromatic heterocycles. The Labute approximate surface area is 94.1 Å². The van der Waals surface area contributed by atoms with Crippen molar-refractivity contribution in [3.63, 3.8) is 0 Å². The third kappa shape index (κ3) is 52.4. The molecule has 1 aliphatic carbocycles. The van der Waals surface area contributed by atoms with Crippen LogP contribution in [0.1, 0.15) is 0 Å². The molecule has 0 fully saturated rings. The first-order valence-electron chi connectivity index (χ1n) is 1.86. The second-order valence-corrected chi connectivity index (χ2v) is 0.692. The van der Waals surface area contributed by atoms with Crippen molar-refractivity contribution in [2.45, 2.75) is 0 Å². The molecule has 0 aromatic rings. The third-order valence-electron chi connectivity index (χ3n) is 0.385. The molecule has 0 aromatic carbocycles. The van der Waals surface area contributed by atoms with Crippen molar-refractivity contribution >= 4 is 0 Å². The summed E-state index contributed by atoms with van der Waals surface area (Å²) in [5, 5.41) is 0. The summed E-state index contributed by atoms with van der Waals surface area (Å²) in [6, 6.07) is 0. The van der Waals surface area contributed by atoms with Gasteiger partial charge in [0.25, 0.3) is 0 Å². The Kier molecular flexibility index (Phi) is 177. The molecule has 0 aliphatic heterocycles. The molecule has 3 nitrogen and oxygen atoms in total. The maximum atomic E-state index is 7.50. The van der Waals surface area contributed by atoms with E-state index in [9.17, 15) is 0 Å².